The lowest BCUT2D eigenvalue weighted by Gasteiger charge is -2.12. The largest absolute Gasteiger partial charge is 0.490 e. The highest BCUT2D eigenvalue weighted by Crippen LogP contribution is 2.26. The molecule has 0 spiro atoms. The summed E-state index contributed by atoms with van der Waals surface area (Å²) < 4.78 is 12.4. The van der Waals surface area contributed by atoms with Gasteiger partial charge in [0.05, 0.1) is 6.61 Å². The Morgan fingerprint density at radius 1 is 1.00 bits per heavy atom. The van der Waals surface area contributed by atoms with Crippen LogP contribution in [0.5, 0.6) is 11.5 Å². The highest BCUT2D eigenvalue weighted by molar-refractivity contribution is 9.10. The minimum Gasteiger partial charge on any atom is -0.490 e. The van der Waals surface area contributed by atoms with E-state index >= 15 is 0 Å². The Balaban J connectivity index is 1.72. The van der Waals surface area contributed by atoms with Crippen LogP contribution in [0.15, 0.2) is 53.0 Å². The number of rotatable bonds is 8. The predicted molar refractivity (Wildman–Crippen MR) is 89.0 cm³/mol. The molecule has 0 aliphatic carbocycles. The van der Waals surface area contributed by atoms with Crippen LogP contribution in [0.3, 0.4) is 0 Å². The van der Waals surface area contributed by atoms with Crippen molar-refractivity contribution in [2.45, 2.75) is 13.5 Å². The van der Waals surface area contributed by atoms with Crippen molar-refractivity contribution in [3.05, 3.63) is 58.6 Å². The van der Waals surface area contributed by atoms with Crippen LogP contribution in [0.1, 0.15) is 12.5 Å². The van der Waals surface area contributed by atoms with E-state index in [-0.39, 0.29) is 0 Å². The quantitative estimate of drug-likeness (QED) is 0.730. The van der Waals surface area contributed by atoms with Crippen molar-refractivity contribution in [2.75, 3.05) is 19.8 Å². The van der Waals surface area contributed by atoms with E-state index in [4.69, 9.17) is 9.47 Å². The molecule has 2 rings (SSSR count). The first-order valence-electron chi connectivity index (χ1n) is 7.09. The van der Waals surface area contributed by atoms with E-state index in [1.807, 2.05) is 43.3 Å². The molecule has 4 heteroatoms. The molecule has 0 aromatic heterocycles. The third kappa shape index (κ3) is 5.40. The van der Waals surface area contributed by atoms with Crippen LogP contribution in [0.25, 0.3) is 0 Å². The van der Waals surface area contributed by atoms with Gasteiger partial charge in [0.15, 0.2) is 11.5 Å². The summed E-state index contributed by atoms with van der Waals surface area (Å²) in [6.45, 7) is 4.83. The van der Waals surface area contributed by atoms with Crippen LogP contribution in [-0.4, -0.2) is 19.8 Å². The maximum atomic E-state index is 5.75. The van der Waals surface area contributed by atoms with Gasteiger partial charge < -0.3 is 14.8 Å². The van der Waals surface area contributed by atoms with Gasteiger partial charge in [-0.3, -0.25) is 0 Å². The van der Waals surface area contributed by atoms with Gasteiger partial charge in [0.2, 0.25) is 0 Å². The van der Waals surface area contributed by atoms with Crippen LogP contribution in [0.4, 0.5) is 0 Å². The fourth-order valence-electron chi connectivity index (χ4n) is 1.96. The van der Waals surface area contributed by atoms with Gasteiger partial charge in [0.1, 0.15) is 6.61 Å². The summed E-state index contributed by atoms with van der Waals surface area (Å²) in [7, 11) is 0. The normalized spacial score (nSPS) is 10.4. The van der Waals surface area contributed by atoms with Crippen molar-refractivity contribution in [2.24, 2.45) is 0 Å². The lowest BCUT2D eigenvalue weighted by Crippen LogP contribution is -2.20. The Labute approximate surface area is 134 Å². The van der Waals surface area contributed by atoms with Gasteiger partial charge in [0, 0.05) is 17.6 Å². The molecule has 0 radical (unpaired) electrons. The van der Waals surface area contributed by atoms with Crippen LogP contribution in [-0.2, 0) is 6.54 Å². The Hall–Kier alpha value is -1.52. The molecule has 0 fully saturated rings. The van der Waals surface area contributed by atoms with Crippen LogP contribution in [0, 0.1) is 0 Å². The summed E-state index contributed by atoms with van der Waals surface area (Å²) in [4.78, 5) is 0. The highest BCUT2D eigenvalue weighted by Gasteiger charge is 2.02. The minimum absolute atomic E-state index is 0.609. The van der Waals surface area contributed by atoms with Gasteiger partial charge in [0.25, 0.3) is 0 Å². The van der Waals surface area contributed by atoms with Crippen LogP contribution >= 0.6 is 15.9 Å². The monoisotopic (exact) mass is 349 g/mol. The van der Waals surface area contributed by atoms with E-state index in [1.165, 1.54) is 5.56 Å². The average Bonchev–Trinajstić information content (AvgIpc) is 2.49. The number of ether oxygens (including phenoxy) is 2. The third-order valence-corrected chi connectivity index (χ3v) is 3.40. The van der Waals surface area contributed by atoms with Gasteiger partial charge in [-0.1, -0.05) is 40.2 Å². The molecule has 2 aromatic rings. The van der Waals surface area contributed by atoms with E-state index in [9.17, 15) is 0 Å². The highest BCUT2D eigenvalue weighted by atomic mass is 79.9. The second-order valence-corrected chi connectivity index (χ2v) is 5.45. The maximum absolute atomic E-state index is 5.75. The lowest BCUT2D eigenvalue weighted by molar-refractivity contribution is 0.275. The molecule has 0 heterocycles. The molecule has 3 nitrogen and oxygen atoms in total. The first-order valence-corrected chi connectivity index (χ1v) is 7.88. The van der Waals surface area contributed by atoms with E-state index in [1.54, 1.807) is 0 Å². The summed E-state index contributed by atoms with van der Waals surface area (Å²) in [6.07, 6.45) is 0. The van der Waals surface area contributed by atoms with Gasteiger partial charge in [-0.05, 0) is 36.8 Å². The number of halogens is 1. The summed E-state index contributed by atoms with van der Waals surface area (Å²) in [6, 6.07) is 16.0. The predicted octanol–water partition coefficient (Wildman–Crippen LogP) is 4.02. The summed E-state index contributed by atoms with van der Waals surface area (Å²) >= 11 is 3.47. The molecular formula is C17H20BrNO2. The Morgan fingerprint density at radius 3 is 2.48 bits per heavy atom. The summed E-state index contributed by atoms with van der Waals surface area (Å²) in [5, 5.41) is 3.36. The number of benzene rings is 2. The van der Waals surface area contributed by atoms with Gasteiger partial charge in [-0.25, -0.2) is 0 Å². The number of hydrogen-bond donors (Lipinski definition) is 1. The molecule has 112 valence electrons. The van der Waals surface area contributed by atoms with Crippen LogP contribution < -0.4 is 14.8 Å². The van der Waals surface area contributed by atoms with Crippen molar-refractivity contribution in [3.8, 4) is 11.5 Å². The van der Waals surface area contributed by atoms with E-state index in [0.29, 0.717) is 13.2 Å². The lowest BCUT2D eigenvalue weighted by atomic mass is 10.2. The average molecular weight is 350 g/mol. The standard InChI is InChI=1S/C17H20BrNO2/c1-2-20-16-8-3-4-9-17(16)21-11-10-19-13-14-6-5-7-15(18)12-14/h3-9,12,19H,2,10-11,13H2,1H3. The molecule has 1 N–H and O–H groups in total. The molecule has 2 aromatic carbocycles. The molecule has 0 aliphatic heterocycles. The van der Waals surface area contributed by atoms with E-state index in [2.05, 4.69) is 33.4 Å². The van der Waals surface area contributed by atoms with Gasteiger partial charge in [-0.2, -0.15) is 0 Å². The molecule has 0 saturated carbocycles. The van der Waals surface area contributed by atoms with Gasteiger partial charge >= 0.3 is 0 Å². The second kappa shape index (κ2) is 8.70. The first kappa shape index (κ1) is 15.9. The molecule has 0 unspecified atom stereocenters. The Kier molecular flexibility index (Phi) is 6.57. The maximum Gasteiger partial charge on any atom is 0.161 e. The number of nitrogens with one attached hydrogen (secondary N) is 1. The molecule has 0 aliphatic rings. The summed E-state index contributed by atoms with van der Waals surface area (Å²) in [5.41, 5.74) is 1.25. The third-order valence-electron chi connectivity index (χ3n) is 2.90. The molecule has 21 heavy (non-hydrogen) atoms. The van der Waals surface area contributed by atoms with Crippen molar-refractivity contribution in [1.82, 2.24) is 5.32 Å². The molecule has 0 bridgehead atoms. The Morgan fingerprint density at radius 2 is 1.76 bits per heavy atom. The van der Waals surface area contributed by atoms with Crippen molar-refractivity contribution in [3.63, 3.8) is 0 Å². The zero-order chi connectivity index (χ0) is 14.9. The SMILES string of the molecule is CCOc1ccccc1OCCNCc1cccc(Br)c1. The van der Waals surface area contributed by atoms with E-state index in [0.717, 1.165) is 29.1 Å². The number of hydrogen-bond acceptors (Lipinski definition) is 3. The van der Waals surface area contributed by atoms with Gasteiger partial charge in [-0.15, -0.1) is 0 Å². The fourth-order valence-corrected chi connectivity index (χ4v) is 2.40. The van der Waals surface area contributed by atoms with Crippen molar-refractivity contribution >= 4 is 15.9 Å². The number of para-hydroxylation sites is 2. The summed E-state index contributed by atoms with van der Waals surface area (Å²) in [5.74, 6) is 1.59. The molecule has 0 saturated heterocycles. The smallest absolute Gasteiger partial charge is 0.161 e. The minimum atomic E-state index is 0.609. The molecular weight excluding hydrogens is 330 g/mol. The Bertz CT molecular complexity index is 560. The molecule has 0 atom stereocenters. The fraction of sp³-hybridized carbons (Fsp3) is 0.294. The van der Waals surface area contributed by atoms with E-state index < -0.39 is 0 Å². The molecule has 0 amide bonds. The van der Waals surface area contributed by atoms with Crippen LogP contribution in [0.2, 0.25) is 0 Å². The van der Waals surface area contributed by atoms with Crippen molar-refractivity contribution < 1.29 is 9.47 Å². The zero-order valence-electron chi connectivity index (χ0n) is 12.1. The topological polar surface area (TPSA) is 30.5 Å². The zero-order valence-corrected chi connectivity index (χ0v) is 13.7. The van der Waals surface area contributed by atoms with Crippen molar-refractivity contribution in [1.29, 1.82) is 0 Å². The first-order chi connectivity index (χ1) is 10.3. The second-order valence-electron chi connectivity index (χ2n) is 4.53.